The predicted octanol–water partition coefficient (Wildman–Crippen LogP) is 2.38. The standard InChI is InChI=1S/C8H10N2.2ClH/c9-8-7(6-3-4-6)2-1-5-10-8;;/h1-2,5-6H,3-4H2,(H2,9,10);2*1H. The summed E-state index contributed by atoms with van der Waals surface area (Å²) in [6.45, 7) is 0. The van der Waals surface area contributed by atoms with Crippen molar-refractivity contribution in [3.05, 3.63) is 23.9 Å². The number of rotatable bonds is 1. The van der Waals surface area contributed by atoms with Crippen molar-refractivity contribution in [1.82, 2.24) is 4.98 Å². The minimum absolute atomic E-state index is 0. The van der Waals surface area contributed by atoms with Gasteiger partial charge in [0.25, 0.3) is 0 Å². The number of nitrogens with zero attached hydrogens (tertiary/aromatic N) is 1. The maximum absolute atomic E-state index is 5.65. The average molecular weight is 207 g/mol. The first-order chi connectivity index (χ1) is 4.88. The molecule has 12 heavy (non-hydrogen) atoms. The molecule has 4 heteroatoms. The lowest BCUT2D eigenvalue weighted by Crippen LogP contribution is -1.94. The zero-order chi connectivity index (χ0) is 6.97. The van der Waals surface area contributed by atoms with Gasteiger partial charge >= 0.3 is 0 Å². The van der Waals surface area contributed by atoms with Crippen molar-refractivity contribution >= 4 is 30.6 Å². The van der Waals surface area contributed by atoms with Crippen molar-refractivity contribution in [2.45, 2.75) is 18.8 Å². The topological polar surface area (TPSA) is 38.9 Å². The summed E-state index contributed by atoms with van der Waals surface area (Å²) >= 11 is 0. The Labute approximate surface area is 84.4 Å². The summed E-state index contributed by atoms with van der Waals surface area (Å²) in [6, 6.07) is 4.02. The predicted molar refractivity (Wildman–Crippen MR) is 55.1 cm³/mol. The quantitative estimate of drug-likeness (QED) is 0.767. The Morgan fingerprint density at radius 3 is 2.50 bits per heavy atom. The van der Waals surface area contributed by atoms with Crippen LogP contribution in [0.5, 0.6) is 0 Å². The van der Waals surface area contributed by atoms with Gasteiger partial charge in [-0.05, 0) is 30.4 Å². The van der Waals surface area contributed by atoms with Crippen molar-refractivity contribution in [2.24, 2.45) is 0 Å². The molecule has 1 fully saturated rings. The van der Waals surface area contributed by atoms with Gasteiger partial charge in [0.2, 0.25) is 0 Å². The molecule has 68 valence electrons. The van der Waals surface area contributed by atoms with Crippen LogP contribution in [-0.2, 0) is 0 Å². The van der Waals surface area contributed by atoms with Gasteiger partial charge in [0, 0.05) is 6.20 Å². The third-order valence-electron chi connectivity index (χ3n) is 1.89. The van der Waals surface area contributed by atoms with E-state index in [1.807, 2.05) is 6.07 Å². The molecule has 0 unspecified atom stereocenters. The number of anilines is 1. The number of hydrogen-bond acceptors (Lipinski definition) is 2. The molecular formula is C8H12Cl2N2. The van der Waals surface area contributed by atoms with Crippen LogP contribution in [0.25, 0.3) is 0 Å². The summed E-state index contributed by atoms with van der Waals surface area (Å²) in [5.74, 6) is 1.43. The van der Waals surface area contributed by atoms with Gasteiger partial charge in [-0.3, -0.25) is 0 Å². The van der Waals surface area contributed by atoms with Crippen LogP contribution >= 0.6 is 24.8 Å². The van der Waals surface area contributed by atoms with Crippen molar-refractivity contribution in [1.29, 1.82) is 0 Å². The fourth-order valence-electron chi connectivity index (χ4n) is 1.17. The van der Waals surface area contributed by atoms with E-state index in [4.69, 9.17) is 5.73 Å². The molecule has 1 aromatic rings. The monoisotopic (exact) mass is 206 g/mol. The molecule has 2 rings (SSSR count). The molecule has 0 amide bonds. The van der Waals surface area contributed by atoms with Crippen molar-refractivity contribution in [3.8, 4) is 0 Å². The third-order valence-corrected chi connectivity index (χ3v) is 1.89. The normalized spacial score (nSPS) is 14.3. The Balaban J connectivity index is 0.000000605. The third kappa shape index (κ3) is 2.26. The summed E-state index contributed by atoms with van der Waals surface area (Å²) in [6.07, 6.45) is 4.31. The zero-order valence-electron chi connectivity index (χ0n) is 6.56. The second-order valence-electron chi connectivity index (χ2n) is 2.75. The maximum atomic E-state index is 5.65. The van der Waals surface area contributed by atoms with E-state index in [9.17, 15) is 0 Å². The molecule has 1 heterocycles. The number of pyridine rings is 1. The summed E-state index contributed by atoms with van der Waals surface area (Å²) in [5.41, 5.74) is 6.89. The highest BCUT2D eigenvalue weighted by atomic mass is 35.5. The first kappa shape index (κ1) is 11.5. The molecule has 0 aliphatic heterocycles. The molecule has 1 aliphatic rings. The molecular weight excluding hydrogens is 195 g/mol. The minimum Gasteiger partial charge on any atom is -0.383 e. The number of hydrogen-bond donors (Lipinski definition) is 1. The zero-order valence-corrected chi connectivity index (χ0v) is 8.20. The van der Waals surface area contributed by atoms with E-state index in [2.05, 4.69) is 11.1 Å². The molecule has 1 aromatic heterocycles. The Morgan fingerprint density at radius 1 is 1.33 bits per heavy atom. The van der Waals surface area contributed by atoms with Gasteiger partial charge < -0.3 is 5.73 Å². The molecule has 0 spiro atoms. The molecule has 0 bridgehead atoms. The van der Waals surface area contributed by atoms with Gasteiger partial charge in [-0.2, -0.15) is 0 Å². The van der Waals surface area contributed by atoms with E-state index in [-0.39, 0.29) is 24.8 Å². The van der Waals surface area contributed by atoms with Crippen LogP contribution in [-0.4, -0.2) is 4.98 Å². The number of aromatic nitrogens is 1. The van der Waals surface area contributed by atoms with Crippen molar-refractivity contribution in [3.63, 3.8) is 0 Å². The van der Waals surface area contributed by atoms with E-state index in [1.165, 1.54) is 18.4 Å². The Morgan fingerprint density at radius 2 is 2.00 bits per heavy atom. The van der Waals surface area contributed by atoms with E-state index >= 15 is 0 Å². The van der Waals surface area contributed by atoms with Crippen LogP contribution in [0.4, 0.5) is 5.82 Å². The summed E-state index contributed by atoms with van der Waals surface area (Å²) in [4.78, 5) is 4.02. The SMILES string of the molecule is Cl.Cl.Nc1ncccc1C1CC1. The minimum atomic E-state index is 0. The van der Waals surface area contributed by atoms with E-state index < -0.39 is 0 Å². The molecule has 0 saturated heterocycles. The first-order valence-electron chi connectivity index (χ1n) is 3.58. The van der Waals surface area contributed by atoms with Crippen LogP contribution in [0, 0.1) is 0 Å². The molecule has 0 atom stereocenters. The van der Waals surface area contributed by atoms with Crippen LogP contribution in [0.1, 0.15) is 24.3 Å². The second kappa shape index (κ2) is 4.53. The molecule has 0 radical (unpaired) electrons. The van der Waals surface area contributed by atoms with Gasteiger partial charge in [-0.25, -0.2) is 4.98 Å². The van der Waals surface area contributed by atoms with Crippen LogP contribution in [0.15, 0.2) is 18.3 Å². The largest absolute Gasteiger partial charge is 0.383 e. The molecule has 0 aromatic carbocycles. The van der Waals surface area contributed by atoms with Crippen LogP contribution < -0.4 is 5.73 Å². The Bertz CT molecular complexity index is 249. The van der Waals surface area contributed by atoms with E-state index in [0.29, 0.717) is 11.7 Å². The summed E-state index contributed by atoms with van der Waals surface area (Å²) in [7, 11) is 0. The van der Waals surface area contributed by atoms with Crippen molar-refractivity contribution in [2.75, 3.05) is 5.73 Å². The molecule has 2 nitrogen and oxygen atoms in total. The summed E-state index contributed by atoms with van der Waals surface area (Å²) in [5, 5.41) is 0. The lowest BCUT2D eigenvalue weighted by Gasteiger charge is -1.99. The van der Waals surface area contributed by atoms with Crippen molar-refractivity contribution < 1.29 is 0 Å². The van der Waals surface area contributed by atoms with Crippen LogP contribution in [0.3, 0.4) is 0 Å². The van der Waals surface area contributed by atoms with Gasteiger partial charge in [0.1, 0.15) is 5.82 Å². The van der Waals surface area contributed by atoms with E-state index in [0.717, 1.165) is 0 Å². The highest BCUT2D eigenvalue weighted by Gasteiger charge is 2.25. The first-order valence-corrected chi connectivity index (χ1v) is 3.58. The molecule has 1 saturated carbocycles. The Hall–Kier alpha value is -0.470. The second-order valence-corrected chi connectivity index (χ2v) is 2.75. The van der Waals surface area contributed by atoms with Gasteiger partial charge in [0.05, 0.1) is 0 Å². The Kier molecular flexibility index (Phi) is 4.35. The highest BCUT2D eigenvalue weighted by molar-refractivity contribution is 5.85. The van der Waals surface area contributed by atoms with E-state index in [1.54, 1.807) is 6.20 Å². The average Bonchev–Trinajstić information content (AvgIpc) is 2.71. The van der Waals surface area contributed by atoms with Gasteiger partial charge in [-0.15, -0.1) is 24.8 Å². The summed E-state index contributed by atoms with van der Waals surface area (Å²) < 4.78 is 0. The lowest BCUT2D eigenvalue weighted by molar-refractivity contribution is 1.10. The molecule has 1 aliphatic carbocycles. The highest BCUT2D eigenvalue weighted by Crippen LogP contribution is 2.41. The molecule has 2 N–H and O–H groups in total. The fourth-order valence-corrected chi connectivity index (χ4v) is 1.17. The number of halogens is 2. The van der Waals surface area contributed by atoms with Crippen LogP contribution in [0.2, 0.25) is 0 Å². The lowest BCUT2D eigenvalue weighted by atomic mass is 10.2. The smallest absolute Gasteiger partial charge is 0.126 e. The fraction of sp³-hybridized carbons (Fsp3) is 0.375. The van der Waals surface area contributed by atoms with Gasteiger partial charge in [0.15, 0.2) is 0 Å². The number of nitrogens with two attached hydrogens (primary N) is 1. The maximum Gasteiger partial charge on any atom is 0.126 e. The number of nitrogen functional groups attached to an aromatic ring is 1. The van der Waals surface area contributed by atoms with Gasteiger partial charge in [-0.1, -0.05) is 6.07 Å².